The summed E-state index contributed by atoms with van der Waals surface area (Å²) in [5.41, 5.74) is 6.28. The van der Waals surface area contributed by atoms with E-state index >= 15 is 0 Å². The molecule has 0 atom stereocenters. The molecule has 0 saturated heterocycles. The molecule has 0 aliphatic rings. The molecule has 2 heterocycles. The van der Waals surface area contributed by atoms with Crippen LogP contribution >= 0.6 is 11.6 Å². The number of imidazole rings is 1. The topological polar surface area (TPSA) is 56.9 Å². The molecule has 0 amide bonds. The van der Waals surface area contributed by atoms with Crippen molar-refractivity contribution in [3.8, 4) is 11.4 Å². The highest BCUT2D eigenvalue weighted by molar-refractivity contribution is 7.90. The van der Waals surface area contributed by atoms with Crippen LogP contribution in [0.15, 0.2) is 102 Å². The van der Waals surface area contributed by atoms with E-state index in [1.54, 1.807) is 18.3 Å². The second-order valence-corrected chi connectivity index (χ2v) is 11.5. The maximum atomic E-state index is 13.7. The smallest absolute Gasteiger partial charge is 0.268 e. The van der Waals surface area contributed by atoms with Crippen LogP contribution in [0, 0.1) is 13.8 Å². The number of rotatable bonds is 5. The molecule has 0 spiro atoms. The molecule has 5 nitrogen and oxygen atoms in total. The Labute approximate surface area is 220 Å². The molecule has 0 aliphatic heterocycles. The Bertz CT molecular complexity index is 1900. The number of hydrogen-bond acceptors (Lipinski definition) is 3. The summed E-state index contributed by atoms with van der Waals surface area (Å²) in [6.07, 6.45) is 1.73. The van der Waals surface area contributed by atoms with Crippen molar-refractivity contribution in [3.63, 3.8) is 0 Å². The van der Waals surface area contributed by atoms with Crippen LogP contribution < -0.4 is 0 Å². The zero-order valence-electron chi connectivity index (χ0n) is 20.4. The highest BCUT2D eigenvalue weighted by Crippen LogP contribution is 2.33. The van der Waals surface area contributed by atoms with Crippen molar-refractivity contribution in [2.75, 3.05) is 0 Å². The minimum absolute atomic E-state index is 0.255. The molecule has 0 fully saturated rings. The maximum absolute atomic E-state index is 13.7. The van der Waals surface area contributed by atoms with Gasteiger partial charge in [0.25, 0.3) is 10.0 Å². The first kappa shape index (κ1) is 23.5. The summed E-state index contributed by atoms with van der Waals surface area (Å²) in [4.78, 5) is 5.20. The minimum atomic E-state index is -3.79. The van der Waals surface area contributed by atoms with Gasteiger partial charge in [-0.15, -0.1) is 0 Å². The highest BCUT2D eigenvalue weighted by Gasteiger charge is 2.23. The predicted octanol–water partition coefficient (Wildman–Crippen LogP) is 7.21. The second-order valence-electron chi connectivity index (χ2n) is 9.28. The van der Waals surface area contributed by atoms with Gasteiger partial charge in [-0.05, 0) is 67.4 Å². The fourth-order valence-electron chi connectivity index (χ4n) is 4.79. The maximum Gasteiger partial charge on any atom is 0.268 e. The lowest BCUT2D eigenvalue weighted by atomic mass is 10.1. The first-order valence-electron chi connectivity index (χ1n) is 12.0. The molecule has 184 valence electrons. The van der Waals surface area contributed by atoms with Gasteiger partial charge < -0.3 is 4.57 Å². The van der Waals surface area contributed by atoms with E-state index in [9.17, 15) is 8.42 Å². The summed E-state index contributed by atoms with van der Waals surface area (Å²) in [5, 5.41) is 1.48. The van der Waals surface area contributed by atoms with Crippen LogP contribution in [-0.2, 0) is 16.6 Å². The van der Waals surface area contributed by atoms with Gasteiger partial charge >= 0.3 is 0 Å². The largest absolute Gasteiger partial charge is 0.319 e. The predicted molar refractivity (Wildman–Crippen MR) is 150 cm³/mol. The first-order valence-corrected chi connectivity index (χ1v) is 13.8. The van der Waals surface area contributed by atoms with Gasteiger partial charge in [-0.3, -0.25) is 0 Å². The standard InChI is InChI=1S/C30H24ClN3O2S/c1-20-11-14-23(15-12-20)37(35,36)34-19-22(24-7-4-6-10-28(24)34)18-33-29-16-13-21(2)17-27(29)32-30(33)25-8-3-5-9-26(25)31/h3-17,19H,18H2,1-2H3. The molecule has 0 bridgehead atoms. The van der Waals surface area contributed by atoms with Gasteiger partial charge in [-0.1, -0.05) is 65.7 Å². The molecule has 0 saturated carbocycles. The summed E-state index contributed by atoms with van der Waals surface area (Å²) >= 11 is 6.59. The van der Waals surface area contributed by atoms with Gasteiger partial charge in [0.2, 0.25) is 0 Å². The molecule has 2 aromatic heterocycles. The summed E-state index contributed by atoms with van der Waals surface area (Å²) in [5.74, 6) is 0.740. The van der Waals surface area contributed by atoms with Crippen LogP contribution in [0.25, 0.3) is 33.3 Å². The zero-order chi connectivity index (χ0) is 25.7. The summed E-state index contributed by atoms with van der Waals surface area (Å²) < 4.78 is 30.9. The molecule has 0 aliphatic carbocycles. The van der Waals surface area contributed by atoms with Crippen molar-refractivity contribution in [1.82, 2.24) is 13.5 Å². The molecule has 0 N–H and O–H groups in total. The summed E-state index contributed by atoms with van der Waals surface area (Å²) in [6.45, 7) is 4.40. The lowest BCUT2D eigenvalue weighted by Crippen LogP contribution is -2.12. The quantitative estimate of drug-likeness (QED) is 0.239. The van der Waals surface area contributed by atoms with Crippen molar-refractivity contribution in [3.05, 3.63) is 119 Å². The van der Waals surface area contributed by atoms with Gasteiger partial charge in [0.1, 0.15) is 5.82 Å². The lowest BCUT2D eigenvalue weighted by Gasteiger charge is -2.10. The van der Waals surface area contributed by atoms with Gasteiger partial charge in [-0.25, -0.2) is 17.4 Å². The van der Waals surface area contributed by atoms with Crippen LogP contribution in [0.2, 0.25) is 5.02 Å². The van der Waals surface area contributed by atoms with Crippen LogP contribution in [0.3, 0.4) is 0 Å². The number of para-hydroxylation sites is 1. The Balaban J connectivity index is 1.56. The number of benzene rings is 4. The molecule has 37 heavy (non-hydrogen) atoms. The Morgan fingerprint density at radius 1 is 0.811 bits per heavy atom. The van der Waals surface area contributed by atoms with E-state index in [1.165, 1.54) is 3.97 Å². The minimum Gasteiger partial charge on any atom is -0.319 e. The molecule has 0 radical (unpaired) electrons. The molecule has 7 heteroatoms. The van der Waals surface area contributed by atoms with Crippen LogP contribution in [-0.4, -0.2) is 21.9 Å². The lowest BCUT2D eigenvalue weighted by molar-refractivity contribution is 0.589. The molecular weight excluding hydrogens is 502 g/mol. The average molecular weight is 526 g/mol. The van der Waals surface area contributed by atoms with E-state index in [4.69, 9.17) is 16.6 Å². The average Bonchev–Trinajstić information content (AvgIpc) is 3.43. The number of fused-ring (bicyclic) bond motifs is 2. The van der Waals surface area contributed by atoms with Crippen molar-refractivity contribution < 1.29 is 8.42 Å². The van der Waals surface area contributed by atoms with Crippen molar-refractivity contribution in [1.29, 1.82) is 0 Å². The second kappa shape index (κ2) is 8.91. The summed E-state index contributed by atoms with van der Waals surface area (Å²) in [7, 11) is -3.79. The fourth-order valence-corrected chi connectivity index (χ4v) is 6.40. The highest BCUT2D eigenvalue weighted by atomic mass is 35.5. The first-order chi connectivity index (χ1) is 17.8. The van der Waals surface area contributed by atoms with E-state index in [1.807, 2.05) is 74.5 Å². The zero-order valence-corrected chi connectivity index (χ0v) is 22.0. The number of aryl methyl sites for hydroxylation is 2. The van der Waals surface area contributed by atoms with Crippen molar-refractivity contribution >= 4 is 43.6 Å². The Morgan fingerprint density at radius 2 is 1.51 bits per heavy atom. The van der Waals surface area contributed by atoms with E-state index in [0.717, 1.165) is 44.5 Å². The number of aromatic nitrogens is 3. The van der Waals surface area contributed by atoms with E-state index in [2.05, 4.69) is 22.8 Å². The third-order valence-corrected chi connectivity index (χ3v) is 8.70. The molecule has 0 unspecified atom stereocenters. The van der Waals surface area contributed by atoms with Crippen LogP contribution in [0.5, 0.6) is 0 Å². The summed E-state index contributed by atoms with van der Waals surface area (Å²) in [6, 6.07) is 28.3. The Kier molecular flexibility index (Phi) is 5.66. The van der Waals surface area contributed by atoms with Crippen molar-refractivity contribution in [2.24, 2.45) is 0 Å². The van der Waals surface area contributed by atoms with Gasteiger partial charge in [0.05, 0.1) is 33.0 Å². The molecule has 6 rings (SSSR count). The molecular formula is C30H24ClN3O2S. The number of nitrogens with zero attached hydrogens (tertiary/aromatic N) is 3. The SMILES string of the molecule is Cc1ccc(S(=O)(=O)n2cc(Cn3c(-c4ccccc4Cl)nc4cc(C)ccc43)c3ccccc32)cc1. The van der Waals surface area contributed by atoms with E-state index in [-0.39, 0.29) is 4.90 Å². The molecule has 6 aromatic rings. The monoisotopic (exact) mass is 525 g/mol. The van der Waals surface area contributed by atoms with E-state index in [0.29, 0.717) is 17.1 Å². The third-order valence-electron chi connectivity index (χ3n) is 6.69. The molecule has 4 aromatic carbocycles. The van der Waals surface area contributed by atoms with Gasteiger partial charge in [0.15, 0.2) is 0 Å². The third kappa shape index (κ3) is 4.02. The van der Waals surface area contributed by atoms with Crippen LogP contribution in [0.4, 0.5) is 0 Å². The Hall–Kier alpha value is -3.87. The van der Waals surface area contributed by atoms with Gasteiger partial charge in [0, 0.05) is 17.1 Å². The normalized spacial score (nSPS) is 12.0. The fraction of sp³-hybridized carbons (Fsp3) is 0.100. The Morgan fingerprint density at radius 3 is 2.30 bits per heavy atom. The van der Waals surface area contributed by atoms with Gasteiger partial charge in [-0.2, -0.15) is 0 Å². The number of halogens is 1. The van der Waals surface area contributed by atoms with Crippen molar-refractivity contribution in [2.45, 2.75) is 25.3 Å². The number of hydrogen-bond donors (Lipinski definition) is 0. The van der Waals surface area contributed by atoms with E-state index < -0.39 is 10.0 Å². The van der Waals surface area contributed by atoms with Crippen LogP contribution in [0.1, 0.15) is 16.7 Å².